The van der Waals surface area contributed by atoms with Gasteiger partial charge in [0.15, 0.2) is 5.16 Å². The van der Waals surface area contributed by atoms with Crippen molar-refractivity contribution >= 4 is 23.4 Å². The summed E-state index contributed by atoms with van der Waals surface area (Å²) in [6.45, 7) is 4.11. The zero-order valence-electron chi connectivity index (χ0n) is 16.3. The zero-order chi connectivity index (χ0) is 19.9. The van der Waals surface area contributed by atoms with Crippen LogP contribution in [0.25, 0.3) is 0 Å². The van der Waals surface area contributed by atoms with Gasteiger partial charge in [-0.15, -0.1) is 10.2 Å². The van der Waals surface area contributed by atoms with Crippen molar-refractivity contribution < 1.29 is 9.53 Å². The Labute approximate surface area is 169 Å². The second-order valence-electron chi connectivity index (χ2n) is 6.64. The van der Waals surface area contributed by atoms with Gasteiger partial charge in [0.25, 0.3) is 0 Å². The Morgan fingerprint density at radius 1 is 1.21 bits per heavy atom. The van der Waals surface area contributed by atoms with E-state index in [1.54, 1.807) is 13.4 Å². The Kier molecular flexibility index (Phi) is 6.71. The van der Waals surface area contributed by atoms with E-state index in [1.165, 1.54) is 17.3 Å². The first-order valence-electron chi connectivity index (χ1n) is 9.10. The summed E-state index contributed by atoms with van der Waals surface area (Å²) in [5, 5.41) is 11.7. The number of benzene rings is 2. The number of rotatable bonds is 8. The van der Waals surface area contributed by atoms with Gasteiger partial charge in [-0.05, 0) is 37.6 Å². The number of hydrogen-bond acceptors (Lipinski definition) is 5. The third-order valence-electron chi connectivity index (χ3n) is 4.23. The van der Waals surface area contributed by atoms with Gasteiger partial charge in [0.2, 0.25) is 5.91 Å². The van der Waals surface area contributed by atoms with E-state index < -0.39 is 0 Å². The number of amides is 1. The van der Waals surface area contributed by atoms with Gasteiger partial charge in [-0.25, -0.2) is 0 Å². The fraction of sp³-hybridized carbons (Fsp3) is 0.286. The normalized spacial score (nSPS) is 10.9. The molecular formula is C21H24N4O2S. The molecule has 0 saturated carbocycles. The fourth-order valence-corrected chi connectivity index (χ4v) is 3.67. The molecule has 1 N–H and O–H groups in total. The van der Waals surface area contributed by atoms with Crippen LogP contribution in [-0.4, -0.2) is 33.5 Å². The molecule has 0 aliphatic heterocycles. The molecule has 0 fully saturated rings. The summed E-state index contributed by atoms with van der Waals surface area (Å²) in [5.41, 5.74) is 2.97. The molecule has 3 aromatic rings. The minimum Gasteiger partial charge on any atom is -0.496 e. The maximum atomic E-state index is 12.4. The highest BCUT2D eigenvalue weighted by Gasteiger charge is 2.12. The van der Waals surface area contributed by atoms with E-state index in [9.17, 15) is 4.79 Å². The minimum absolute atomic E-state index is 0.0841. The summed E-state index contributed by atoms with van der Waals surface area (Å²) in [6, 6.07) is 16.1. The van der Waals surface area contributed by atoms with Crippen LogP contribution in [0.1, 0.15) is 31.0 Å². The molecule has 0 spiro atoms. The summed E-state index contributed by atoms with van der Waals surface area (Å²) < 4.78 is 7.42. The van der Waals surface area contributed by atoms with Gasteiger partial charge in [-0.3, -0.25) is 4.79 Å². The molecule has 1 heterocycles. The monoisotopic (exact) mass is 396 g/mol. The summed E-state index contributed by atoms with van der Waals surface area (Å²) in [6.07, 6.45) is 2.42. The van der Waals surface area contributed by atoms with Crippen LogP contribution in [0.3, 0.4) is 0 Å². The van der Waals surface area contributed by atoms with Crippen molar-refractivity contribution in [3.8, 4) is 5.75 Å². The molecule has 0 atom stereocenters. The average molecular weight is 397 g/mol. The smallest absolute Gasteiger partial charge is 0.234 e. The number of methoxy groups -OCH3 is 1. The Hall–Kier alpha value is -2.80. The molecule has 0 aliphatic rings. The van der Waals surface area contributed by atoms with Crippen molar-refractivity contribution in [3.05, 3.63) is 66.0 Å². The average Bonchev–Trinajstić information content (AvgIpc) is 3.16. The molecule has 0 bridgehead atoms. The molecule has 0 saturated heterocycles. The molecule has 0 radical (unpaired) electrons. The molecular weight excluding hydrogens is 372 g/mol. The van der Waals surface area contributed by atoms with Crippen LogP contribution in [0.15, 0.2) is 60.0 Å². The van der Waals surface area contributed by atoms with Crippen LogP contribution in [0.2, 0.25) is 0 Å². The first-order valence-corrected chi connectivity index (χ1v) is 10.1. The van der Waals surface area contributed by atoms with Gasteiger partial charge in [-0.1, -0.05) is 42.1 Å². The Morgan fingerprint density at radius 2 is 2.00 bits per heavy atom. The highest BCUT2D eigenvalue weighted by molar-refractivity contribution is 7.99. The van der Waals surface area contributed by atoms with E-state index in [1.807, 2.05) is 41.0 Å². The maximum Gasteiger partial charge on any atom is 0.234 e. The predicted molar refractivity (Wildman–Crippen MR) is 112 cm³/mol. The van der Waals surface area contributed by atoms with Gasteiger partial charge < -0.3 is 14.6 Å². The van der Waals surface area contributed by atoms with Gasteiger partial charge in [0.05, 0.1) is 12.9 Å². The van der Waals surface area contributed by atoms with E-state index in [2.05, 4.69) is 41.5 Å². The van der Waals surface area contributed by atoms with E-state index in [0.29, 0.717) is 0 Å². The number of carbonyl (C=O) groups is 1. The number of ether oxygens (including phenoxy) is 1. The second kappa shape index (κ2) is 9.41. The molecule has 1 amide bonds. The number of thioether (sulfide) groups is 1. The first-order chi connectivity index (χ1) is 13.6. The summed E-state index contributed by atoms with van der Waals surface area (Å²) in [4.78, 5) is 12.4. The van der Waals surface area contributed by atoms with Gasteiger partial charge >= 0.3 is 0 Å². The molecule has 1 aromatic heterocycles. The second-order valence-corrected chi connectivity index (χ2v) is 7.58. The van der Waals surface area contributed by atoms with E-state index >= 15 is 0 Å². The lowest BCUT2D eigenvalue weighted by molar-refractivity contribution is -0.113. The van der Waals surface area contributed by atoms with Crippen molar-refractivity contribution in [1.29, 1.82) is 0 Å². The van der Waals surface area contributed by atoms with Crippen molar-refractivity contribution in [1.82, 2.24) is 14.8 Å². The zero-order valence-corrected chi connectivity index (χ0v) is 17.1. The van der Waals surface area contributed by atoms with Gasteiger partial charge in [0, 0.05) is 23.7 Å². The highest BCUT2D eigenvalue weighted by atomic mass is 32.2. The largest absolute Gasteiger partial charge is 0.496 e. The van der Waals surface area contributed by atoms with Gasteiger partial charge in [-0.2, -0.15) is 0 Å². The standard InChI is InChI=1S/C21H24N4O2S/c1-15(2)25-14-22-24-21(25)28-13-20(26)23-18-9-10-19(27-3)17(12-18)11-16-7-5-4-6-8-16/h4-10,12,14-15H,11,13H2,1-3H3,(H,23,26). The fourth-order valence-electron chi connectivity index (χ4n) is 2.83. The number of carbonyl (C=O) groups excluding carboxylic acids is 1. The number of anilines is 1. The third-order valence-corrected chi connectivity index (χ3v) is 5.19. The summed E-state index contributed by atoms with van der Waals surface area (Å²) in [5.74, 6) is 0.992. The minimum atomic E-state index is -0.0841. The van der Waals surface area contributed by atoms with Crippen LogP contribution in [0, 0.1) is 0 Å². The predicted octanol–water partition coefficient (Wildman–Crippen LogP) is 4.19. The van der Waals surface area contributed by atoms with Crippen molar-refractivity contribution in [2.75, 3.05) is 18.2 Å². The molecule has 7 heteroatoms. The van der Waals surface area contributed by atoms with Crippen LogP contribution >= 0.6 is 11.8 Å². The SMILES string of the molecule is COc1ccc(NC(=O)CSc2nncn2C(C)C)cc1Cc1ccccc1. The van der Waals surface area contributed by atoms with Gasteiger partial charge in [0.1, 0.15) is 12.1 Å². The van der Waals surface area contributed by atoms with Crippen molar-refractivity contribution in [2.24, 2.45) is 0 Å². The molecule has 28 heavy (non-hydrogen) atoms. The van der Waals surface area contributed by atoms with Crippen LogP contribution < -0.4 is 10.1 Å². The number of hydrogen-bond donors (Lipinski definition) is 1. The maximum absolute atomic E-state index is 12.4. The summed E-state index contributed by atoms with van der Waals surface area (Å²) >= 11 is 1.38. The van der Waals surface area contributed by atoms with E-state index in [-0.39, 0.29) is 17.7 Å². The lowest BCUT2D eigenvalue weighted by Crippen LogP contribution is -2.15. The lowest BCUT2D eigenvalue weighted by atomic mass is 10.0. The quantitative estimate of drug-likeness (QED) is 0.578. The van der Waals surface area contributed by atoms with E-state index in [0.717, 1.165) is 28.6 Å². The topological polar surface area (TPSA) is 69.0 Å². The molecule has 146 valence electrons. The molecule has 0 unspecified atom stereocenters. The van der Waals surface area contributed by atoms with Crippen LogP contribution in [0.4, 0.5) is 5.69 Å². The van der Waals surface area contributed by atoms with Crippen molar-refractivity contribution in [3.63, 3.8) is 0 Å². The molecule has 2 aromatic carbocycles. The number of nitrogens with zero attached hydrogens (tertiary/aromatic N) is 3. The van der Waals surface area contributed by atoms with Crippen LogP contribution in [-0.2, 0) is 11.2 Å². The Balaban J connectivity index is 1.65. The molecule has 0 aliphatic carbocycles. The Bertz CT molecular complexity index is 925. The van der Waals surface area contributed by atoms with Crippen LogP contribution in [0.5, 0.6) is 5.75 Å². The molecule has 6 nitrogen and oxygen atoms in total. The van der Waals surface area contributed by atoms with E-state index in [4.69, 9.17) is 4.74 Å². The first kappa shape index (κ1) is 19.9. The third kappa shape index (κ3) is 5.13. The lowest BCUT2D eigenvalue weighted by Gasteiger charge is -2.12. The molecule has 3 rings (SSSR count). The number of aromatic nitrogens is 3. The van der Waals surface area contributed by atoms with Crippen molar-refractivity contribution in [2.45, 2.75) is 31.5 Å². The summed E-state index contributed by atoms with van der Waals surface area (Å²) in [7, 11) is 1.66. The Morgan fingerprint density at radius 3 is 2.71 bits per heavy atom. The number of nitrogens with one attached hydrogen (secondary N) is 1. The highest BCUT2D eigenvalue weighted by Crippen LogP contribution is 2.26.